The number of para-hydroxylation sites is 1. The maximum absolute atomic E-state index is 14.1. The topological polar surface area (TPSA) is 74.7 Å². The van der Waals surface area contributed by atoms with Crippen molar-refractivity contribution >= 4 is 27.8 Å². The third kappa shape index (κ3) is 6.80. The molecule has 41 heavy (non-hydrogen) atoms. The molecule has 0 radical (unpaired) electrons. The Morgan fingerprint density at radius 2 is 1.83 bits per heavy atom. The van der Waals surface area contributed by atoms with Gasteiger partial charge in [-0.3, -0.25) is 10.2 Å². The van der Waals surface area contributed by atoms with E-state index in [1.807, 2.05) is 30.3 Å². The summed E-state index contributed by atoms with van der Waals surface area (Å²) >= 11 is 3.77. The second-order valence-corrected chi connectivity index (χ2v) is 11.5. The van der Waals surface area contributed by atoms with Crippen molar-refractivity contribution in [3.05, 3.63) is 75.9 Å². The summed E-state index contributed by atoms with van der Waals surface area (Å²) in [6.07, 6.45) is 2.00. The van der Waals surface area contributed by atoms with Gasteiger partial charge in [0.25, 0.3) is 0 Å². The lowest BCUT2D eigenvalue weighted by molar-refractivity contribution is 0.159. The maximum Gasteiger partial charge on any atom is 0.320 e. The number of nitrogens with zero attached hydrogens (tertiary/aromatic N) is 4. The average molecular weight is 632 g/mol. The van der Waals surface area contributed by atoms with E-state index in [9.17, 15) is 13.6 Å². The first-order chi connectivity index (χ1) is 19.9. The van der Waals surface area contributed by atoms with Crippen LogP contribution >= 0.6 is 15.9 Å². The number of likely N-dealkylation sites (tertiary alicyclic amines) is 2. The van der Waals surface area contributed by atoms with Crippen molar-refractivity contribution in [3.63, 3.8) is 0 Å². The number of nitrogens with one attached hydrogen (secondary N) is 2. The van der Waals surface area contributed by atoms with Crippen LogP contribution in [-0.2, 0) is 4.74 Å². The largest absolute Gasteiger partial charge is 0.383 e. The number of hydrogen-bond donors (Lipinski definition) is 2. The molecule has 1 aromatic heterocycles. The number of carbonyl (C=O) groups excluding carboxylic acids is 1. The summed E-state index contributed by atoms with van der Waals surface area (Å²) in [5, 5.41) is 11.1. The van der Waals surface area contributed by atoms with Crippen LogP contribution in [0.3, 0.4) is 0 Å². The number of hydrogen-bond acceptors (Lipinski definition) is 5. The van der Waals surface area contributed by atoms with Gasteiger partial charge in [0, 0.05) is 38.6 Å². The molecule has 11 heteroatoms. The van der Waals surface area contributed by atoms with Gasteiger partial charge in [0.15, 0.2) is 17.5 Å². The molecule has 0 unspecified atom stereocenters. The number of urea groups is 1. The Morgan fingerprint density at radius 1 is 1.07 bits per heavy atom. The van der Waals surface area contributed by atoms with Gasteiger partial charge in [-0.05, 0) is 78.2 Å². The molecule has 220 valence electrons. The molecule has 5 rings (SSSR count). The highest BCUT2D eigenvalue weighted by atomic mass is 79.9. The molecule has 2 N–H and O–H groups in total. The molecule has 2 atom stereocenters. The average Bonchev–Trinajstić information content (AvgIpc) is 3.54. The number of benzene rings is 2. The number of piperidine rings is 1. The van der Waals surface area contributed by atoms with Crippen molar-refractivity contribution < 1.29 is 18.3 Å². The molecule has 2 amide bonds. The van der Waals surface area contributed by atoms with Crippen LogP contribution in [0, 0.1) is 11.6 Å². The number of aromatic nitrogens is 2. The minimum atomic E-state index is -0.894. The zero-order chi connectivity index (χ0) is 28.9. The number of carbonyl (C=O) groups is 1. The Labute approximate surface area is 248 Å². The number of amides is 2. The van der Waals surface area contributed by atoms with Gasteiger partial charge in [-0.1, -0.05) is 31.2 Å². The monoisotopic (exact) mass is 630 g/mol. The smallest absolute Gasteiger partial charge is 0.320 e. The summed E-state index contributed by atoms with van der Waals surface area (Å²) < 4.78 is 35.6. The van der Waals surface area contributed by atoms with Crippen LogP contribution < -0.4 is 10.6 Å². The highest BCUT2D eigenvalue weighted by molar-refractivity contribution is 9.10. The van der Waals surface area contributed by atoms with Crippen LogP contribution in [0.2, 0.25) is 0 Å². The van der Waals surface area contributed by atoms with Crippen LogP contribution in [0.25, 0.3) is 5.69 Å². The normalized spacial score (nSPS) is 20.4. The number of rotatable bonds is 9. The zero-order valence-electron chi connectivity index (χ0n) is 23.5. The fraction of sp³-hybridized carbons (Fsp3) is 0.467. The quantitative estimate of drug-likeness (QED) is 0.334. The third-order valence-electron chi connectivity index (χ3n) is 8.20. The van der Waals surface area contributed by atoms with Gasteiger partial charge in [0.1, 0.15) is 0 Å². The minimum Gasteiger partial charge on any atom is -0.383 e. The molecule has 0 bridgehead atoms. The minimum absolute atomic E-state index is 0.213. The molecule has 2 aliphatic heterocycles. The summed E-state index contributed by atoms with van der Waals surface area (Å²) in [6.45, 7) is 7.60. The zero-order valence-corrected chi connectivity index (χ0v) is 25.0. The molecule has 2 aliphatic rings. The molecular formula is C30H37BrF2N6O2. The van der Waals surface area contributed by atoms with Crippen molar-refractivity contribution in [3.8, 4) is 5.69 Å². The second-order valence-electron chi connectivity index (χ2n) is 10.7. The third-order valence-corrected chi connectivity index (χ3v) is 8.98. The van der Waals surface area contributed by atoms with Crippen LogP contribution in [0.1, 0.15) is 42.9 Å². The second kappa shape index (κ2) is 13.4. The first kappa shape index (κ1) is 29.6. The SMILES string of the molecule is CCN1CCC(c2nn(-c3ccccc3)c(NC(=O)N[C@@H]3CN(CCOC)C[C@H]3c3ccc(F)c(F)c3)c2Br)CC1. The van der Waals surface area contributed by atoms with E-state index in [0.29, 0.717) is 37.6 Å². The molecule has 2 saturated heterocycles. The Balaban J connectivity index is 1.38. The van der Waals surface area contributed by atoms with Gasteiger partial charge in [-0.2, -0.15) is 5.10 Å². The van der Waals surface area contributed by atoms with Crippen molar-refractivity contribution in [2.45, 2.75) is 37.6 Å². The summed E-state index contributed by atoms with van der Waals surface area (Å²) in [6, 6.07) is 13.0. The van der Waals surface area contributed by atoms with E-state index in [4.69, 9.17) is 9.84 Å². The standard InChI is InChI=1S/C30H37BrF2N6O2/c1-3-37-13-11-20(12-14-37)28-27(31)29(39(36-28)22-7-5-4-6-8-22)35-30(40)34-26-19-38(15-16-41-2)18-23(26)21-9-10-24(32)25(33)17-21/h4-10,17,20,23,26H,3,11-16,18-19H2,1-2H3,(H2,34,35,40)/t23-,26+/m0/s1. The first-order valence-electron chi connectivity index (χ1n) is 14.2. The Morgan fingerprint density at radius 3 is 2.51 bits per heavy atom. The Kier molecular flexibility index (Phi) is 9.69. The molecular weight excluding hydrogens is 594 g/mol. The van der Waals surface area contributed by atoms with E-state index in [-0.39, 0.29) is 23.9 Å². The summed E-state index contributed by atoms with van der Waals surface area (Å²) in [5.41, 5.74) is 2.42. The van der Waals surface area contributed by atoms with Crippen LogP contribution in [-0.4, -0.2) is 84.6 Å². The van der Waals surface area contributed by atoms with Crippen molar-refractivity contribution in [1.29, 1.82) is 0 Å². The number of methoxy groups -OCH3 is 1. The van der Waals surface area contributed by atoms with Crippen molar-refractivity contribution in [2.75, 3.05) is 58.3 Å². The van der Waals surface area contributed by atoms with E-state index < -0.39 is 11.6 Å². The molecule has 2 fully saturated rings. The fourth-order valence-electron chi connectivity index (χ4n) is 5.89. The Bertz CT molecular complexity index is 1330. The summed E-state index contributed by atoms with van der Waals surface area (Å²) in [5.74, 6) is -1.16. The predicted molar refractivity (Wildman–Crippen MR) is 159 cm³/mol. The molecule has 3 heterocycles. The molecule has 0 spiro atoms. The lowest BCUT2D eigenvalue weighted by Crippen LogP contribution is -2.42. The number of ether oxygens (including phenoxy) is 1. The van der Waals surface area contributed by atoms with Gasteiger partial charge < -0.3 is 15.0 Å². The van der Waals surface area contributed by atoms with Crippen molar-refractivity contribution in [2.24, 2.45) is 0 Å². The first-order valence-corrected chi connectivity index (χ1v) is 15.0. The van der Waals surface area contributed by atoms with Gasteiger partial charge in [-0.15, -0.1) is 0 Å². The lowest BCUT2D eigenvalue weighted by atomic mass is 9.93. The van der Waals surface area contributed by atoms with Gasteiger partial charge in [0.2, 0.25) is 0 Å². The lowest BCUT2D eigenvalue weighted by Gasteiger charge is -2.30. The highest BCUT2D eigenvalue weighted by Crippen LogP contribution is 2.38. The Hall–Kier alpha value is -2.86. The van der Waals surface area contributed by atoms with Crippen LogP contribution in [0.4, 0.5) is 19.4 Å². The molecule has 2 aromatic carbocycles. The van der Waals surface area contributed by atoms with Crippen molar-refractivity contribution in [1.82, 2.24) is 24.9 Å². The van der Waals surface area contributed by atoms with E-state index in [0.717, 1.165) is 54.4 Å². The summed E-state index contributed by atoms with van der Waals surface area (Å²) in [7, 11) is 1.64. The molecule has 0 saturated carbocycles. The molecule has 3 aromatic rings. The van der Waals surface area contributed by atoms with Crippen LogP contribution in [0.5, 0.6) is 0 Å². The number of halogens is 3. The van der Waals surface area contributed by atoms with Gasteiger partial charge in [-0.25, -0.2) is 18.3 Å². The maximum atomic E-state index is 14.1. The fourth-order valence-corrected chi connectivity index (χ4v) is 6.56. The summed E-state index contributed by atoms with van der Waals surface area (Å²) in [4.78, 5) is 18.1. The number of anilines is 1. The van der Waals surface area contributed by atoms with Gasteiger partial charge in [0.05, 0.1) is 28.5 Å². The van der Waals surface area contributed by atoms with E-state index in [1.165, 1.54) is 6.07 Å². The van der Waals surface area contributed by atoms with E-state index >= 15 is 0 Å². The molecule has 8 nitrogen and oxygen atoms in total. The molecule has 0 aliphatic carbocycles. The van der Waals surface area contributed by atoms with E-state index in [1.54, 1.807) is 17.9 Å². The predicted octanol–water partition coefficient (Wildman–Crippen LogP) is 5.35. The highest BCUT2D eigenvalue weighted by Gasteiger charge is 2.36. The van der Waals surface area contributed by atoms with Crippen LogP contribution in [0.15, 0.2) is 53.0 Å². The van der Waals surface area contributed by atoms with Gasteiger partial charge >= 0.3 is 6.03 Å². The van der Waals surface area contributed by atoms with E-state index in [2.05, 4.69) is 43.3 Å².